The monoisotopic (exact) mass is 186 g/mol. The molecule has 0 aromatic heterocycles. The quantitative estimate of drug-likeness (QED) is 0.597. The van der Waals surface area contributed by atoms with Gasteiger partial charge in [0.25, 0.3) is 0 Å². The lowest BCUT2D eigenvalue weighted by molar-refractivity contribution is -0.139. The van der Waals surface area contributed by atoms with Crippen LogP contribution in [0.4, 0.5) is 0 Å². The van der Waals surface area contributed by atoms with Crippen molar-refractivity contribution in [2.24, 2.45) is 0 Å². The lowest BCUT2D eigenvalue weighted by Crippen LogP contribution is -2.44. The zero-order valence-electron chi connectivity index (χ0n) is 7.78. The zero-order valence-corrected chi connectivity index (χ0v) is 7.78. The van der Waals surface area contributed by atoms with Crippen LogP contribution in [0.1, 0.15) is 12.8 Å². The van der Waals surface area contributed by atoms with Gasteiger partial charge in [-0.3, -0.25) is 14.9 Å². The molecule has 1 aliphatic heterocycles. The Hall–Kier alpha value is -1.10. The van der Waals surface area contributed by atoms with Crippen LogP contribution >= 0.6 is 0 Å². The van der Waals surface area contributed by atoms with Crippen LogP contribution in [0.3, 0.4) is 0 Å². The first-order valence-electron chi connectivity index (χ1n) is 4.22. The largest absolute Gasteiger partial charge is 0.480 e. The number of hydrogen-bond acceptors (Lipinski definition) is 3. The van der Waals surface area contributed by atoms with Crippen LogP contribution in [0.5, 0.6) is 0 Å². The Kier molecular flexibility index (Phi) is 2.87. The van der Waals surface area contributed by atoms with Gasteiger partial charge in [0.1, 0.15) is 6.04 Å². The molecule has 0 aliphatic carbocycles. The van der Waals surface area contributed by atoms with Crippen molar-refractivity contribution in [1.29, 1.82) is 0 Å². The number of carbonyl (C=O) groups excluding carboxylic acids is 1. The van der Waals surface area contributed by atoms with Gasteiger partial charge >= 0.3 is 5.97 Å². The van der Waals surface area contributed by atoms with E-state index in [1.165, 1.54) is 4.90 Å². The van der Waals surface area contributed by atoms with Crippen LogP contribution in [0.15, 0.2) is 0 Å². The highest BCUT2D eigenvalue weighted by atomic mass is 16.4. The number of nitrogens with one attached hydrogen (secondary N) is 1. The van der Waals surface area contributed by atoms with Crippen LogP contribution in [0, 0.1) is 0 Å². The molecule has 1 rings (SSSR count). The summed E-state index contributed by atoms with van der Waals surface area (Å²) in [6, 6.07) is -0.884. The highest BCUT2D eigenvalue weighted by molar-refractivity contribution is 5.84. The number of amides is 1. The third kappa shape index (κ3) is 2.18. The van der Waals surface area contributed by atoms with Gasteiger partial charge in [0.05, 0.1) is 6.04 Å². The summed E-state index contributed by atoms with van der Waals surface area (Å²) in [6.07, 6.45) is 1.13. The molecule has 2 N–H and O–H groups in total. The molecule has 0 saturated carbocycles. The number of nitrogens with zero attached hydrogens (tertiary/aromatic N) is 1. The van der Waals surface area contributed by atoms with E-state index in [4.69, 9.17) is 5.11 Å². The first-order chi connectivity index (χ1) is 6.02. The molecule has 5 heteroatoms. The number of hydrogen-bond donors (Lipinski definition) is 2. The van der Waals surface area contributed by atoms with Crippen molar-refractivity contribution in [3.63, 3.8) is 0 Å². The Morgan fingerprint density at radius 2 is 1.85 bits per heavy atom. The molecule has 0 bridgehead atoms. The minimum Gasteiger partial charge on any atom is -0.480 e. The molecule has 0 spiro atoms. The van der Waals surface area contributed by atoms with Gasteiger partial charge in [-0.15, -0.1) is 0 Å². The molecule has 2 unspecified atom stereocenters. The molecule has 0 radical (unpaired) electrons. The van der Waals surface area contributed by atoms with Crippen LogP contribution < -0.4 is 5.32 Å². The second kappa shape index (κ2) is 3.74. The molecule has 1 amide bonds. The Morgan fingerprint density at radius 1 is 1.31 bits per heavy atom. The van der Waals surface area contributed by atoms with Crippen molar-refractivity contribution < 1.29 is 14.7 Å². The maximum Gasteiger partial charge on any atom is 0.320 e. The lowest BCUT2D eigenvalue weighted by atomic mass is 10.2. The van der Waals surface area contributed by atoms with Crippen LogP contribution in [0.2, 0.25) is 0 Å². The first-order valence-corrected chi connectivity index (χ1v) is 4.22. The highest BCUT2D eigenvalue weighted by Crippen LogP contribution is 2.13. The van der Waals surface area contributed by atoms with E-state index in [-0.39, 0.29) is 11.9 Å². The summed E-state index contributed by atoms with van der Waals surface area (Å²) in [5, 5.41) is 11.4. The number of carbonyl (C=O) groups is 2. The Labute approximate surface area is 76.7 Å². The maximum absolute atomic E-state index is 11.4. The maximum atomic E-state index is 11.4. The summed E-state index contributed by atoms with van der Waals surface area (Å²) in [6.45, 7) is 0. The van der Waals surface area contributed by atoms with Crippen molar-refractivity contribution in [2.45, 2.75) is 24.9 Å². The molecule has 0 aromatic rings. The Morgan fingerprint density at radius 3 is 2.23 bits per heavy atom. The van der Waals surface area contributed by atoms with Gasteiger partial charge in [-0.05, 0) is 12.8 Å². The number of aliphatic carboxylic acids is 1. The Bertz CT molecular complexity index is 227. The van der Waals surface area contributed by atoms with E-state index in [1.54, 1.807) is 14.1 Å². The van der Waals surface area contributed by atoms with E-state index < -0.39 is 12.0 Å². The molecular weight excluding hydrogens is 172 g/mol. The lowest BCUT2D eigenvalue weighted by Gasteiger charge is -2.16. The molecule has 0 aromatic carbocycles. The highest BCUT2D eigenvalue weighted by Gasteiger charge is 2.33. The van der Waals surface area contributed by atoms with E-state index in [9.17, 15) is 9.59 Å². The normalized spacial score (nSPS) is 27.2. The smallest absolute Gasteiger partial charge is 0.320 e. The predicted octanol–water partition coefficient (Wildman–Crippen LogP) is -0.720. The molecule has 2 atom stereocenters. The number of likely N-dealkylation sites (N-methyl/N-ethyl adjacent to an activating group) is 1. The van der Waals surface area contributed by atoms with Crippen LogP contribution in [0.25, 0.3) is 0 Å². The van der Waals surface area contributed by atoms with Crippen molar-refractivity contribution >= 4 is 11.9 Å². The standard InChI is InChI=1S/C8H14N2O3/c1-10(2)7(11)5-3-4-6(9-5)8(12)13/h5-6,9H,3-4H2,1-2H3,(H,12,13). The topological polar surface area (TPSA) is 69.6 Å². The fourth-order valence-electron chi connectivity index (χ4n) is 1.44. The van der Waals surface area contributed by atoms with Crippen molar-refractivity contribution in [3.8, 4) is 0 Å². The average Bonchev–Trinajstić information content (AvgIpc) is 2.50. The molecule has 1 aliphatic rings. The minimum absolute atomic E-state index is 0.0521. The molecule has 1 saturated heterocycles. The van der Waals surface area contributed by atoms with Crippen molar-refractivity contribution in [1.82, 2.24) is 10.2 Å². The molecular formula is C8H14N2O3. The summed E-state index contributed by atoms with van der Waals surface area (Å²) in [5.74, 6) is -0.933. The van der Waals surface area contributed by atoms with E-state index >= 15 is 0 Å². The van der Waals surface area contributed by atoms with Gasteiger partial charge in [0.15, 0.2) is 0 Å². The van der Waals surface area contributed by atoms with Crippen LogP contribution in [-0.2, 0) is 9.59 Å². The van der Waals surface area contributed by atoms with E-state index in [1.807, 2.05) is 0 Å². The fourth-order valence-corrected chi connectivity index (χ4v) is 1.44. The molecule has 1 heterocycles. The van der Waals surface area contributed by atoms with E-state index in [0.29, 0.717) is 12.8 Å². The van der Waals surface area contributed by atoms with Crippen molar-refractivity contribution in [2.75, 3.05) is 14.1 Å². The Balaban J connectivity index is 2.50. The number of rotatable bonds is 2. The van der Waals surface area contributed by atoms with Gasteiger partial charge in [0.2, 0.25) is 5.91 Å². The summed E-state index contributed by atoms with van der Waals surface area (Å²) < 4.78 is 0. The minimum atomic E-state index is -0.881. The predicted molar refractivity (Wildman–Crippen MR) is 46.3 cm³/mol. The summed E-state index contributed by atoms with van der Waals surface area (Å²) in [4.78, 5) is 23.4. The molecule has 13 heavy (non-hydrogen) atoms. The van der Waals surface area contributed by atoms with Gasteiger partial charge in [-0.2, -0.15) is 0 Å². The summed E-state index contributed by atoms with van der Waals surface area (Å²) in [7, 11) is 3.33. The number of carboxylic acids is 1. The fraction of sp³-hybridized carbons (Fsp3) is 0.750. The van der Waals surface area contributed by atoms with Crippen molar-refractivity contribution in [3.05, 3.63) is 0 Å². The van der Waals surface area contributed by atoms with Gasteiger partial charge in [-0.25, -0.2) is 0 Å². The second-order valence-electron chi connectivity index (χ2n) is 3.42. The van der Waals surface area contributed by atoms with Gasteiger partial charge < -0.3 is 10.0 Å². The second-order valence-corrected chi connectivity index (χ2v) is 3.42. The summed E-state index contributed by atoms with van der Waals surface area (Å²) in [5.41, 5.74) is 0. The van der Waals surface area contributed by atoms with Crippen LogP contribution in [-0.4, -0.2) is 48.1 Å². The van der Waals surface area contributed by atoms with Gasteiger partial charge in [0, 0.05) is 14.1 Å². The van der Waals surface area contributed by atoms with Gasteiger partial charge in [-0.1, -0.05) is 0 Å². The zero-order chi connectivity index (χ0) is 10.0. The molecule has 1 fully saturated rings. The molecule has 5 nitrogen and oxygen atoms in total. The summed E-state index contributed by atoms with van der Waals surface area (Å²) >= 11 is 0. The first kappa shape index (κ1) is 9.98. The third-order valence-corrected chi connectivity index (χ3v) is 2.18. The average molecular weight is 186 g/mol. The van der Waals surface area contributed by atoms with E-state index in [0.717, 1.165) is 0 Å². The van der Waals surface area contributed by atoms with E-state index in [2.05, 4.69) is 5.32 Å². The number of carboxylic acid groups (broad SMARTS) is 1. The SMILES string of the molecule is CN(C)C(=O)C1CCC(C(=O)O)N1. The molecule has 74 valence electrons. The third-order valence-electron chi connectivity index (χ3n) is 2.18.